The molecule has 1 fully saturated rings. The second-order valence-electron chi connectivity index (χ2n) is 9.73. The van der Waals surface area contributed by atoms with Gasteiger partial charge >= 0.3 is 6.09 Å². The molecule has 0 bridgehead atoms. The predicted molar refractivity (Wildman–Crippen MR) is 149 cm³/mol. The Morgan fingerprint density at radius 3 is 2.51 bits per heavy atom. The molecule has 1 aliphatic heterocycles. The van der Waals surface area contributed by atoms with Crippen molar-refractivity contribution in [2.24, 2.45) is 0 Å². The Balaban J connectivity index is 1.66. The van der Waals surface area contributed by atoms with Crippen LogP contribution >= 0.6 is 0 Å². The van der Waals surface area contributed by atoms with Gasteiger partial charge in [0.2, 0.25) is 0 Å². The normalized spacial score (nSPS) is 17.3. The lowest BCUT2D eigenvalue weighted by atomic mass is 9.95. The topological polar surface area (TPSA) is 120 Å². The molecule has 208 valence electrons. The third kappa shape index (κ3) is 7.53. The fourth-order valence-corrected chi connectivity index (χ4v) is 5.35. The molecule has 1 N–H and O–H groups in total. The number of carbonyl (C=O) groups excluding carboxylic acids is 1. The van der Waals surface area contributed by atoms with Crippen molar-refractivity contribution >= 4 is 27.7 Å². The smallest absolute Gasteiger partial charge is 0.410 e. The van der Waals surface area contributed by atoms with E-state index in [1.165, 1.54) is 0 Å². The molecule has 0 aliphatic carbocycles. The summed E-state index contributed by atoms with van der Waals surface area (Å²) in [6, 6.07) is 17.7. The van der Waals surface area contributed by atoms with Gasteiger partial charge in [-0.05, 0) is 56.7 Å². The monoisotopic (exact) mass is 554 g/mol. The van der Waals surface area contributed by atoms with Gasteiger partial charge in [-0.15, -0.1) is 0 Å². The summed E-state index contributed by atoms with van der Waals surface area (Å²) in [4.78, 5) is 24.0. The lowest BCUT2D eigenvalue weighted by molar-refractivity contribution is 0.0806. The van der Waals surface area contributed by atoms with Crippen molar-refractivity contribution < 1.29 is 26.9 Å². The lowest BCUT2D eigenvalue weighted by Crippen LogP contribution is -2.44. The van der Waals surface area contributed by atoms with Crippen molar-refractivity contribution in [3.05, 3.63) is 66.4 Å². The van der Waals surface area contributed by atoms with E-state index in [9.17, 15) is 13.2 Å². The standard InChI is InChI=1S/C28H34N4O6S/c1-5-15-28(3,38-39(4,34)35)24-18-25(32-16-17-36-19-20(32)2)31-26(30-24)21-11-13-22(14-12-21)29-27(33)37-23-9-7-6-8-10-23/h6-14,18,20H,5,15-17,19H2,1-4H3,(H,29,33)/t20-,28?/m0/s1. The average Bonchev–Trinajstić information content (AvgIpc) is 2.89. The highest BCUT2D eigenvalue weighted by Gasteiger charge is 2.35. The Labute approximate surface area is 229 Å². The summed E-state index contributed by atoms with van der Waals surface area (Å²) >= 11 is 0. The second kappa shape index (κ2) is 12.1. The predicted octanol–water partition coefficient (Wildman–Crippen LogP) is 4.97. The molecule has 11 heteroatoms. The Hall–Kier alpha value is -3.54. The number of nitrogens with one attached hydrogen (secondary N) is 1. The number of hydrogen-bond acceptors (Lipinski definition) is 9. The molecular formula is C28H34N4O6S. The van der Waals surface area contributed by atoms with Crippen LogP contribution in [0.15, 0.2) is 60.7 Å². The van der Waals surface area contributed by atoms with E-state index in [2.05, 4.69) is 10.2 Å². The zero-order valence-electron chi connectivity index (χ0n) is 22.6. The molecule has 1 aliphatic rings. The van der Waals surface area contributed by atoms with E-state index in [-0.39, 0.29) is 6.04 Å². The number of nitrogens with zero attached hydrogens (tertiary/aromatic N) is 3. The quantitative estimate of drug-likeness (QED) is 0.366. The molecule has 0 spiro atoms. The molecular weight excluding hydrogens is 520 g/mol. The summed E-state index contributed by atoms with van der Waals surface area (Å²) in [7, 11) is -3.76. The summed E-state index contributed by atoms with van der Waals surface area (Å²) in [5.41, 5.74) is 0.530. The summed E-state index contributed by atoms with van der Waals surface area (Å²) in [5, 5.41) is 2.71. The summed E-state index contributed by atoms with van der Waals surface area (Å²) in [5.74, 6) is 1.52. The number of benzene rings is 2. The van der Waals surface area contributed by atoms with Gasteiger partial charge in [-0.25, -0.2) is 14.8 Å². The van der Waals surface area contributed by atoms with E-state index in [0.29, 0.717) is 66.9 Å². The Morgan fingerprint density at radius 1 is 1.15 bits per heavy atom. The number of aromatic nitrogens is 2. The van der Waals surface area contributed by atoms with Crippen LogP contribution in [-0.4, -0.2) is 56.5 Å². The molecule has 10 nitrogen and oxygen atoms in total. The number of ether oxygens (including phenoxy) is 2. The molecule has 0 radical (unpaired) electrons. The van der Waals surface area contributed by atoms with E-state index < -0.39 is 21.8 Å². The van der Waals surface area contributed by atoms with Gasteiger partial charge < -0.3 is 14.4 Å². The summed E-state index contributed by atoms with van der Waals surface area (Å²) in [6.07, 6.45) is 1.57. The molecule has 1 aromatic heterocycles. The van der Waals surface area contributed by atoms with Gasteiger partial charge in [0.1, 0.15) is 17.2 Å². The Kier molecular flexibility index (Phi) is 8.83. The minimum Gasteiger partial charge on any atom is -0.410 e. The van der Waals surface area contributed by atoms with Gasteiger partial charge in [-0.1, -0.05) is 31.5 Å². The van der Waals surface area contributed by atoms with Gasteiger partial charge in [0.25, 0.3) is 10.1 Å². The van der Waals surface area contributed by atoms with Crippen LogP contribution in [0.1, 0.15) is 39.3 Å². The fraction of sp³-hybridized carbons (Fsp3) is 0.393. The number of morpholine rings is 1. The number of rotatable bonds is 9. The van der Waals surface area contributed by atoms with Crippen molar-refractivity contribution in [3.8, 4) is 17.1 Å². The average molecular weight is 555 g/mol. The molecule has 1 saturated heterocycles. The second-order valence-corrected chi connectivity index (χ2v) is 11.3. The molecule has 39 heavy (non-hydrogen) atoms. The molecule has 2 heterocycles. The molecule has 1 unspecified atom stereocenters. The van der Waals surface area contributed by atoms with E-state index in [1.807, 2.05) is 26.0 Å². The first kappa shape index (κ1) is 28.5. The lowest BCUT2D eigenvalue weighted by Gasteiger charge is -2.35. The Morgan fingerprint density at radius 2 is 1.87 bits per heavy atom. The fourth-order valence-electron chi connectivity index (χ4n) is 4.51. The number of para-hydroxylation sites is 1. The first-order valence-electron chi connectivity index (χ1n) is 12.9. The van der Waals surface area contributed by atoms with Crippen LogP contribution in [0.5, 0.6) is 5.75 Å². The SMILES string of the molecule is CCCC(C)(OS(C)(=O)=O)c1cc(N2CCOC[C@@H]2C)nc(-c2ccc(NC(=O)Oc3ccccc3)cc2)n1. The number of anilines is 2. The minimum atomic E-state index is -3.76. The van der Waals surface area contributed by atoms with Crippen molar-refractivity contribution in [1.82, 2.24) is 9.97 Å². The number of hydrogen-bond donors (Lipinski definition) is 1. The zero-order valence-corrected chi connectivity index (χ0v) is 23.4. The first-order chi connectivity index (χ1) is 18.6. The maximum atomic E-state index is 12.3. The van der Waals surface area contributed by atoms with Crippen molar-refractivity contribution in [2.45, 2.75) is 45.3 Å². The van der Waals surface area contributed by atoms with Crippen LogP contribution in [0.4, 0.5) is 16.3 Å². The molecule has 0 saturated carbocycles. The molecule has 4 rings (SSSR count). The van der Waals surface area contributed by atoms with Crippen LogP contribution < -0.4 is 15.0 Å². The maximum Gasteiger partial charge on any atom is 0.417 e. The van der Waals surface area contributed by atoms with Gasteiger partial charge in [0.05, 0.1) is 31.2 Å². The minimum absolute atomic E-state index is 0.0739. The molecule has 3 aromatic rings. The van der Waals surface area contributed by atoms with Crippen LogP contribution in [0.3, 0.4) is 0 Å². The third-order valence-electron chi connectivity index (χ3n) is 6.32. The third-order valence-corrected chi connectivity index (χ3v) is 6.99. The molecule has 2 atom stereocenters. The van der Waals surface area contributed by atoms with Crippen LogP contribution in [0.2, 0.25) is 0 Å². The van der Waals surface area contributed by atoms with Crippen molar-refractivity contribution in [2.75, 3.05) is 36.2 Å². The van der Waals surface area contributed by atoms with E-state index in [1.54, 1.807) is 55.5 Å². The number of carbonyl (C=O) groups is 1. The number of amides is 1. The molecule has 1 amide bonds. The van der Waals surface area contributed by atoms with Crippen LogP contribution in [-0.2, 0) is 24.6 Å². The molecule has 2 aromatic carbocycles. The van der Waals surface area contributed by atoms with E-state index in [0.717, 1.165) is 6.26 Å². The summed E-state index contributed by atoms with van der Waals surface area (Å²) in [6.45, 7) is 7.51. The highest BCUT2D eigenvalue weighted by Crippen LogP contribution is 2.35. The summed E-state index contributed by atoms with van der Waals surface area (Å²) < 4.78 is 40.9. The van der Waals surface area contributed by atoms with Gasteiger partial charge in [-0.2, -0.15) is 8.42 Å². The van der Waals surface area contributed by atoms with Gasteiger partial charge in [0.15, 0.2) is 5.82 Å². The van der Waals surface area contributed by atoms with E-state index >= 15 is 0 Å². The van der Waals surface area contributed by atoms with Crippen LogP contribution in [0.25, 0.3) is 11.4 Å². The maximum absolute atomic E-state index is 12.3. The van der Waals surface area contributed by atoms with Gasteiger partial charge in [-0.3, -0.25) is 9.50 Å². The largest absolute Gasteiger partial charge is 0.417 e. The van der Waals surface area contributed by atoms with Crippen molar-refractivity contribution in [3.63, 3.8) is 0 Å². The van der Waals surface area contributed by atoms with Crippen molar-refractivity contribution in [1.29, 1.82) is 0 Å². The van der Waals surface area contributed by atoms with E-state index in [4.69, 9.17) is 23.6 Å². The Bertz CT molecular complexity index is 1380. The van der Waals surface area contributed by atoms with Gasteiger partial charge in [0, 0.05) is 23.9 Å². The zero-order chi connectivity index (χ0) is 28.0. The first-order valence-corrected chi connectivity index (χ1v) is 14.7. The van der Waals surface area contributed by atoms with Crippen LogP contribution in [0, 0.1) is 0 Å². The highest BCUT2D eigenvalue weighted by atomic mass is 32.2. The highest BCUT2D eigenvalue weighted by molar-refractivity contribution is 7.86.